The average Bonchev–Trinajstić information content (AvgIpc) is 2.55. The molecular weight excluding hydrogens is 309 g/mol. The number of benzene rings is 1. The Bertz CT molecular complexity index is 570. The molecule has 2 fully saturated rings. The summed E-state index contributed by atoms with van der Waals surface area (Å²) in [7, 11) is 0. The lowest BCUT2D eigenvalue weighted by atomic mass is 9.58. The van der Waals surface area contributed by atoms with E-state index in [1.165, 1.54) is 12.1 Å². The molecule has 3 rings (SSSR count). The van der Waals surface area contributed by atoms with Gasteiger partial charge in [-0.25, -0.2) is 4.39 Å². The Morgan fingerprint density at radius 1 is 1.38 bits per heavy atom. The molecule has 0 aromatic heterocycles. The summed E-state index contributed by atoms with van der Waals surface area (Å²) in [4.78, 5) is 2.23. The predicted molar refractivity (Wildman–Crippen MR) is 90.2 cm³/mol. The molecule has 2 N–H and O–H groups in total. The van der Waals surface area contributed by atoms with Gasteiger partial charge in [-0.3, -0.25) is 0 Å². The summed E-state index contributed by atoms with van der Waals surface area (Å²) in [5, 5.41) is 20.7. The summed E-state index contributed by atoms with van der Waals surface area (Å²) in [5.74, 6) is -0.274. The fourth-order valence-corrected chi connectivity index (χ4v) is 4.32. The van der Waals surface area contributed by atoms with Crippen LogP contribution in [0.3, 0.4) is 0 Å². The van der Waals surface area contributed by atoms with Crippen molar-refractivity contribution in [2.75, 3.05) is 26.2 Å². The number of aryl methyl sites for hydroxylation is 1. The van der Waals surface area contributed by atoms with Gasteiger partial charge in [0.25, 0.3) is 0 Å². The second kappa shape index (κ2) is 7.08. The molecule has 3 unspecified atom stereocenters. The molecule has 2 aliphatic rings. The number of likely N-dealkylation sites (tertiary alicyclic amines) is 1. The van der Waals surface area contributed by atoms with E-state index < -0.39 is 6.10 Å². The lowest BCUT2D eigenvalue weighted by Crippen LogP contribution is -2.62. The van der Waals surface area contributed by atoms with Crippen LogP contribution in [0.15, 0.2) is 18.2 Å². The standard InChI is InChI=1S/C19H28FNO3/c1-3-24-18-11-17(23)19(18)6-8-21(9-7-19)12-16(22)15-5-4-14(20)10-13(15)2/h4-5,10,16-18,22-23H,3,6-9,11-12H2,1-2H3. The van der Waals surface area contributed by atoms with Crippen LogP contribution < -0.4 is 0 Å². The van der Waals surface area contributed by atoms with Crippen LogP contribution >= 0.6 is 0 Å². The summed E-state index contributed by atoms with van der Waals surface area (Å²) in [6.45, 7) is 6.73. The maximum atomic E-state index is 13.2. The molecule has 1 saturated heterocycles. The number of aliphatic hydroxyl groups excluding tert-OH is 2. The van der Waals surface area contributed by atoms with Crippen molar-refractivity contribution in [2.45, 2.75) is 51.4 Å². The van der Waals surface area contributed by atoms with E-state index in [4.69, 9.17) is 4.74 Å². The Balaban J connectivity index is 1.57. The zero-order valence-electron chi connectivity index (χ0n) is 14.5. The highest BCUT2D eigenvalue weighted by molar-refractivity contribution is 5.28. The molecule has 1 aliphatic heterocycles. The molecule has 1 aromatic carbocycles. The molecule has 1 aromatic rings. The molecular formula is C19H28FNO3. The van der Waals surface area contributed by atoms with Crippen LogP contribution in [0, 0.1) is 18.2 Å². The topological polar surface area (TPSA) is 52.9 Å². The molecule has 0 radical (unpaired) electrons. The summed E-state index contributed by atoms with van der Waals surface area (Å²) >= 11 is 0. The fourth-order valence-electron chi connectivity index (χ4n) is 4.32. The van der Waals surface area contributed by atoms with Crippen LogP contribution in [0.1, 0.15) is 43.4 Å². The van der Waals surface area contributed by atoms with Crippen molar-refractivity contribution in [3.63, 3.8) is 0 Å². The van der Waals surface area contributed by atoms with E-state index in [1.807, 2.05) is 13.8 Å². The number of ether oxygens (including phenoxy) is 1. The van der Waals surface area contributed by atoms with Crippen molar-refractivity contribution in [2.24, 2.45) is 5.41 Å². The lowest BCUT2D eigenvalue weighted by molar-refractivity contribution is -0.210. The van der Waals surface area contributed by atoms with Gasteiger partial charge in [0.05, 0.1) is 18.3 Å². The van der Waals surface area contributed by atoms with Gasteiger partial charge in [-0.15, -0.1) is 0 Å². The molecule has 134 valence electrons. The van der Waals surface area contributed by atoms with Crippen molar-refractivity contribution >= 4 is 0 Å². The predicted octanol–water partition coefficient (Wildman–Crippen LogP) is 2.42. The number of nitrogens with zero attached hydrogens (tertiary/aromatic N) is 1. The number of halogens is 1. The Hall–Kier alpha value is -1.01. The summed E-state index contributed by atoms with van der Waals surface area (Å²) in [5.41, 5.74) is 1.47. The quantitative estimate of drug-likeness (QED) is 0.866. The minimum Gasteiger partial charge on any atom is -0.392 e. The van der Waals surface area contributed by atoms with Gasteiger partial charge in [0, 0.05) is 25.0 Å². The van der Waals surface area contributed by atoms with E-state index in [9.17, 15) is 14.6 Å². The molecule has 1 spiro atoms. The molecule has 24 heavy (non-hydrogen) atoms. The second-order valence-corrected chi connectivity index (χ2v) is 7.25. The van der Waals surface area contributed by atoms with Crippen molar-refractivity contribution in [3.05, 3.63) is 35.1 Å². The SMILES string of the molecule is CCOC1CC(O)C12CCN(CC(O)c1ccc(F)cc1C)CC2. The molecule has 0 bridgehead atoms. The molecule has 1 saturated carbocycles. The van der Waals surface area contributed by atoms with Gasteiger partial charge in [0.15, 0.2) is 0 Å². The molecule has 3 atom stereocenters. The Morgan fingerprint density at radius 3 is 2.67 bits per heavy atom. The van der Waals surface area contributed by atoms with Gasteiger partial charge in [-0.1, -0.05) is 6.07 Å². The molecule has 1 aliphatic carbocycles. The zero-order chi connectivity index (χ0) is 17.3. The molecule has 1 heterocycles. The van der Waals surface area contributed by atoms with Gasteiger partial charge in [0.1, 0.15) is 5.82 Å². The van der Waals surface area contributed by atoms with Crippen LogP contribution in [-0.2, 0) is 4.74 Å². The highest BCUT2D eigenvalue weighted by atomic mass is 19.1. The van der Waals surface area contributed by atoms with Crippen molar-refractivity contribution < 1.29 is 19.3 Å². The first-order valence-corrected chi connectivity index (χ1v) is 8.92. The monoisotopic (exact) mass is 337 g/mol. The number of piperidine rings is 1. The summed E-state index contributed by atoms with van der Waals surface area (Å²) in [6.07, 6.45) is 1.82. The number of rotatable bonds is 5. The van der Waals surface area contributed by atoms with Crippen molar-refractivity contribution in [1.82, 2.24) is 4.90 Å². The molecule has 0 amide bonds. The summed E-state index contributed by atoms with van der Waals surface area (Å²) in [6, 6.07) is 4.52. The van der Waals surface area contributed by atoms with Crippen LogP contribution in [0.25, 0.3) is 0 Å². The highest BCUT2D eigenvalue weighted by Gasteiger charge is 2.55. The van der Waals surface area contributed by atoms with E-state index >= 15 is 0 Å². The maximum absolute atomic E-state index is 13.2. The Morgan fingerprint density at radius 2 is 2.08 bits per heavy atom. The van der Waals surface area contributed by atoms with Gasteiger partial charge in [-0.2, -0.15) is 0 Å². The highest BCUT2D eigenvalue weighted by Crippen LogP contribution is 2.51. The third-order valence-corrected chi connectivity index (χ3v) is 5.92. The second-order valence-electron chi connectivity index (χ2n) is 7.25. The van der Waals surface area contributed by atoms with E-state index in [-0.39, 0.29) is 23.4 Å². The Labute approximate surface area is 143 Å². The first-order valence-electron chi connectivity index (χ1n) is 8.92. The smallest absolute Gasteiger partial charge is 0.123 e. The maximum Gasteiger partial charge on any atom is 0.123 e. The first kappa shape index (κ1) is 17.8. The van der Waals surface area contributed by atoms with Gasteiger partial charge < -0.3 is 19.8 Å². The minimum absolute atomic E-state index is 0.0940. The molecule has 4 nitrogen and oxygen atoms in total. The van der Waals surface area contributed by atoms with Crippen LogP contribution in [0.5, 0.6) is 0 Å². The van der Waals surface area contributed by atoms with Crippen molar-refractivity contribution in [3.8, 4) is 0 Å². The van der Waals surface area contributed by atoms with Gasteiger partial charge >= 0.3 is 0 Å². The largest absolute Gasteiger partial charge is 0.392 e. The summed E-state index contributed by atoms with van der Waals surface area (Å²) < 4.78 is 19.0. The lowest BCUT2D eigenvalue weighted by Gasteiger charge is -2.56. The number of hydrogen-bond donors (Lipinski definition) is 2. The minimum atomic E-state index is -0.617. The number of aliphatic hydroxyl groups is 2. The normalized spacial score (nSPS) is 27.9. The first-order chi connectivity index (χ1) is 11.5. The van der Waals surface area contributed by atoms with Gasteiger partial charge in [0.2, 0.25) is 0 Å². The van der Waals surface area contributed by atoms with Crippen LogP contribution in [-0.4, -0.2) is 53.6 Å². The van der Waals surface area contributed by atoms with E-state index in [2.05, 4.69) is 4.90 Å². The Kier molecular flexibility index (Phi) is 5.25. The van der Waals surface area contributed by atoms with E-state index in [1.54, 1.807) is 6.07 Å². The third kappa shape index (κ3) is 3.23. The van der Waals surface area contributed by atoms with E-state index in [0.29, 0.717) is 13.2 Å². The zero-order valence-corrected chi connectivity index (χ0v) is 14.5. The van der Waals surface area contributed by atoms with Crippen molar-refractivity contribution in [1.29, 1.82) is 0 Å². The third-order valence-electron chi connectivity index (χ3n) is 5.92. The van der Waals surface area contributed by atoms with E-state index in [0.717, 1.165) is 43.5 Å². The number of hydrogen-bond acceptors (Lipinski definition) is 4. The fraction of sp³-hybridized carbons (Fsp3) is 0.684. The van der Waals surface area contributed by atoms with Gasteiger partial charge in [-0.05, 0) is 63.0 Å². The van der Waals surface area contributed by atoms with Crippen LogP contribution in [0.2, 0.25) is 0 Å². The van der Waals surface area contributed by atoms with Crippen LogP contribution in [0.4, 0.5) is 4.39 Å². The average molecular weight is 337 g/mol. The number of β-amino-alcohol motifs (C(OH)–C–C–N with tert-alkyl or cyclic N) is 1. The molecule has 5 heteroatoms.